The molecule has 1 aliphatic rings. The van der Waals surface area contributed by atoms with Gasteiger partial charge in [0.05, 0.1) is 22.2 Å². The third-order valence-electron chi connectivity index (χ3n) is 3.51. The van der Waals surface area contributed by atoms with Gasteiger partial charge in [-0.3, -0.25) is 9.59 Å². The van der Waals surface area contributed by atoms with Gasteiger partial charge in [0.15, 0.2) is 5.78 Å². The Hall–Kier alpha value is -1.60. The van der Waals surface area contributed by atoms with Crippen molar-refractivity contribution < 1.29 is 14.3 Å². The van der Waals surface area contributed by atoms with Crippen molar-refractivity contribution in [2.75, 3.05) is 30.8 Å². The number of hydrogen-bond acceptors (Lipinski definition) is 6. The van der Waals surface area contributed by atoms with Crippen LogP contribution in [-0.2, 0) is 4.74 Å². The molecule has 1 saturated heterocycles. The van der Waals surface area contributed by atoms with Crippen molar-refractivity contribution in [3.05, 3.63) is 10.4 Å². The van der Waals surface area contributed by atoms with Gasteiger partial charge in [0.1, 0.15) is 5.00 Å². The predicted octanol–water partition coefficient (Wildman–Crippen LogP) is 1.25. The zero-order valence-electron chi connectivity index (χ0n) is 11.6. The summed E-state index contributed by atoms with van der Waals surface area (Å²) in [6.07, 6.45) is 1.36. The summed E-state index contributed by atoms with van der Waals surface area (Å²) in [7, 11) is 1.66. The number of thiophene rings is 1. The van der Waals surface area contributed by atoms with Crippen molar-refractivity contribution in [2.45, 2.75) is 25.9 Å². The van der Waals surface area contributed by atoms with Gasteiger partial charge < -0.3 is 21.1 Å². The molecule has 1 atom stereocenters. The lowest BCUT2D eigenvalue weighted by Gasteiger charge is -2.17. The Labute approximate surface area is 121 Å². The number of ketones is 1. The molecule has 4 N–H and O–H groups in total. The topological polar surface area (TPSA) is 98.6 Å². The van der Waals surface area contributed by atoms with E-state index in [2.05, 4.69) is 0 Å². The van der Waals surface area contributed by atoms with Crippen LogP contribution in [0.4, 0.5) is 10.7 Å². The molecule has 0 aliphatic carbocycles. The van der Waals surface area contributed by atoms with Crippen molar-refractivity contribution >= 4 is 33.7 Å². The zero-order chi connectivity index (χ0) is 14.9. The first-order valence-corrected chi connectivity index (χ1v) is 7.34. The SMILES string of the molecule is CCC(=O)c1sc(N2CCC(OC)C2)c(C(N)=O)c1N. The summed E-state index contributed by atoms with van der Waals surface area (Å²) in [5, 5.41) is 0.686. The van der Waals surface area contributed by atoms with Gasteiger partial charge >= 0.3 is 0 Å². The first kappa shape index (κ1) is 14.8. The minimum atomic E-state index is -0.593. The van der Waals surface area contributed by atoms with Crippen molar-refractivity contribution in [2.24, 2.45) is 5.73 Å². The molecule has 0 saturated carbocycles. The molecule has 6 nitrogen and oxygen atoms in total. The average molecular weight is 297 g/mol. The van der Waals surface area contributed by atoms with E-state index >= 15 is 0 Å². The number of nitrogen functional groups attached to an aromatic ring is 1. The lowest BCUT2D eigenvalue weighted by molar-refractivity contribution is 0.0991. The second kappa shape index (κ2) is 5.80. The van der Waals surface area contributed by atoms with Crippen LogP contribution in [0.3, 0.4) is 0 Å². The Morgan fingerprint density at radius 2 is 2.20 bits per heavy atom. The molecule has 1 aromatic heterocycles. The van der Waals surface area contributed by atoms with Crippen LogP contribution in [0.25, 0.3) is 0 Å². The maximum absolute atomic E-state index is 11.9. The summed E-state index contributed by atoms with van der Waals surface area (Å²) >= 11 is 1.25. The summed E-state index contributed by atoms with van der Waals surface area (Å²) in [4.78, 5) is 26.0. The minimum Gasteiger partial charge on any atom is -0.397 e. The molecule has 1 fully saturated rings. The monoisotopic (exact) mass is 297 g/mol. The molecular weight excluding hydrogens is 278 g/mol. The van der Waals surface area contributed by atoms with E-state index < -0.39 is 5.91 Å². The van der Waals surface area contributed by atoms with E-state index in [9.17, 15) is 9.59 Å². The van der Waals surface area contributed by atoms with Crippen molar-refractivity contribution in [1.82, 2.24) is 0 Å². The standard InChI is InChI=1S/C13H19N3O3S/c1-3-8(17)11-10(14)9(12(15)18)13(20-11)16-5-4-7(6-16)19-2/h7H,3-6,14H2,1-2H3,(H2,15,18). The molecule has 1 aliphatic heterocycles. The average Bonchev–Trinajstić information content (AvgIpc) is 3.01. The lowest BCUT2D eigenvalue weighted by atomic mass is 10.1. The predicted molar refractivity (Wildman–Crippen MR) is 79.5 cm³/mol. The van der Waals surface area contributed by atoms with Crippen LogP contribution in [0.2, 0.25) is 0 Å². The summed E-state index contributed by atoms with van der Waals surface area (Å²) in [5.41, 5.74) is 11.9. The number of carbonyl (C=O) groups excluding carboxylic acids is 2. The largest absolute Gasteiger partial charge is 0.397 e. The van der Waals surface area contributed by atoms with Gasteiger partial charge in [-0.1, -0.05) is 6.92 Å². The number of anilines is 2. The van der Waals surface area contributed by atoms with Gasteiger partial charge in [-0.25, -0.2) is 0 Å². The quantitative estimate of drug-likeness (QED) is 0.797. The molecule has 2 rings (SSSR count). The van der Waals surface area contributed by atoms with Gasteiger partial charge in [-0.2, -0.15) is 0 Å². The van der Waals surface area contributed by atoms with Gasteiger partial charge in [0, 0.05) is 26.6 Å². The summed E-state index contributed by atoms with van der Waals surface area (Å²) < 4.78 is 5.32. The first-order valence-electron chi connectivity index (χ1n) is 6.52. The maximum atomic E-state index is 11.9. The Morgan fingerprint density at radius 3 is 2.70 bits per heavy atom. The third-order valence-corrected chi connectivity index (χ3v) is 4.82. The van der Waals surface area contributed by atoms with E-state index in [-0.39, 0.29) is 23.1 Å². The number of nitrogens with zero attached hydrogens (tertiary/aromatic N) is 1. The van der Waals surface area contributed by atoms with Crippen LogP contribution in [0.5, 0.6) is 0 Å². The third kappa shape index (κ3) is 2.51. The number of rotatable bonds is 5. The number of primary amides is 1. The molecular formula is C13H19N3O3S. The van der Waals surface area contributed by atoms with E-state index in [0.717, 1.165) is 13.0 Å². The molecule has 1 aromatic rings. The molecule has 0 spiro atoms. The van der Waals surface area contributed by atoms with Crippen LogP contribution in [0.1, 0.15) is 39.8 Å². The Morgan fingerprint density at radius 1 is 1.50 bits per heavy atom. The Balaban J connectivity index is 2.42. The second-order valence-corrected chi connectivity index (χ2v) is 5.76. The highest BCUT2D eigenvalue weighted by molar-refractivity contribution is 7.19. The number of Topliss-reactive ketones (excluding diaryl/α,β-unsaturated/α-hetero) is 1. The van der Waals surface area contributed by atoms with E-state index in [1.54, 1.807) is 14.0 Å². The molecule has 0 bridgehead atoms. The number of nitrogens with two attached hydrogens (primary N) is 2. The zero-order valence-corrected chi connectivity index (χ0v) is 12.5. The number of methoxy groups -OCH3 is 1. The first-order chi connectivity index (χ1) is 9.49. The van der Waals surface area contributed by atoms with Crippen molar-refractivity contribution in [3.63, 3.8) is 0 Å². The maximum Gasteiger partial charge on any atom is 0.253 e. The number of ether oxygens (including phenoxy) is 1. The van der Waals surface area contributed by atoms with E-state index in [0.29, 0.717) is 22.8 Å². The molecule has 2 heterocycles. The molecule has 1 unspecified atom stereocenters. The van der Waals surface area contributed by atoms with Gasteiger partial charge in [-0.15, -0.1) is 11.3 Å². The lowest BCUT2D eigenvalue weighted by Crippen LogP contribution is -2.24. The fraction of sp³-hybridized carbons (Fsp3) is 0.538. The van der Waals surface area contributed by atoms with Gasteiger partial charge in [-0.05, 0) is 6.42 Å². The smallest absolute Gasteiger partial charge is 0.253 e. The van der Waals surface area contributed by atoms with E-state index in [1.807, 2.05) is 4.90 Å². The van der Waals surface area contributed by atoms with Crippen molar-refractivity contribution in [3.8, 4) is 0 Å². The molecule has 0 radical (unpaired) electrons. The molecule has 20 heavy (non-hydrogen) atoms. The highest BCUT2D eigenvalue weighted by Crippen LogP contribution is 2.40. The fourth-order valence-corrected chi connectivity index (χ4v) is 3.64. The number of hydrogen-bond donors (Lipinski definition) is 2. The van der Waals surface area contributed by atoms with Crippen LogP contribution in [-0.4, -0.2) is 38.0 Å². The van der Waals surface area contributed by atoms with E-state index in [4.69, 9.17) is 16.2 Å². The number of carbonyl (C=O) groups is 2. The summed E-state index contributed by atoms with van der Waals surface area (Å²) in [6, 6.07) is 0. The Kier molecular flexibility index (Phi) is 4.29. The van der Waals surface area contributed by atoms with Crippen molar-refractivity contribution in [1.29, 1.82) is 0 Å². The molecule has 7 heteroatoms. The summed E-state index contributed by atoms with van der Waals surface area (Å²) in [5.74, 6) is -0.659. The molecule has 1 amide bonds. The second-order valence-electron chi connectivity index (χ2n) is 4.76. The fourth-order valence-electron chi connectivity index (χ4n) is 2.36. The van der Waals surface area contributed by atoms with Gasteiger partial charge in [0.2, 0.25) is 0 Å². The van der Waals surface area contributed by atoms with E-state index in [1.165, 1.54) is 11.3 Å². The Bertz CT molecular complexity index is 541. The van der Waals surface area contributed by atoms with Crippen LogP contribution >= 0.6 is 11.3 Å². The van der Waals surface area contributed by atoms with Crippen LogP contribution in [0, 0.1) is 0 Å². The molecule has 0 aromatic carbocycles. The highest BCUT2D eigenvalue weighted by Gasteiger charge is 2.30. The number of amides is 1. The normalized spacial score (nSPS) is 18.5. The highest BCUT2D eigenvalue weighted by atomic mass is 32.1. The molecule has 110 valence electrons. The minimum absolute atomic E-state index is 0.0660. The summed E-state index contributed by atoms with van der Waals surface area (Å²) in [6.45, 7) is 3.21. The van der Waals surface area contributed by atoms with Crippen LogP contribution < -0.4 is 16.4 Å². The van der Waals surface area contributed by atoms with Crippen LogP contribution in [0.15, 0.2) is 0 Å². The van der Waals surface area contributed by atoms with Gasteiger partial charge in [0.25, 0.3) is 5.91 Å².